The number of aromatic nitrogens is 3. The van der Waals surface area contributed by atoms with Gasteiger partial charge < -0.3 is 11.5 Å². The Hall–Kier alpha value is -3.95. The number of fused-ring (bicyclic) bond motifs is 1. The van der Waals surface area contributed by atoms with Crippen LogP contribution in [0.15, 0.2) is 54.9 Å². The summed E-state index contributed by atoms with van der Waals surface area (Å²) in [4.78, 5) is 19.6. The van der Waals surface area contributed by atoms with Crippen LogP contribution in [0.4, 0.5) is 23.4 Å². The number of carbonyl (C=O) groups is 1. The zero-order valence-electron chi connectivity index (χ0n) is 15.8. The first-order valence-electron chi connectivity index (χ1n) is 9.02. The highest BCUT2D eigenvalue weighted by Crippen LogP contribution is 2.35. The Kier molecular flexibility index (Phi) is 4.84. The predicted octanol–water partition coefficient (Wildman–Crippen LogP) is 3.83. The second-order valence-corrected chi connectivity index (χ2v) is 6.86. The van der Waals surface area contributed by atoms with E-state index in [9.17, 15) is 22.4 Å². The van der Waals surface area contributed by atoms with Gasteiger partial charge in [0.1, 0.15) is 17.3 Å². The number of pyridine rings is 2. The molecule has 10 heteroatoms. The number of anilines is 1. The standard InChI is InChI=1S/C21H15F4N5O/c22-14-3-1-2-11(6-14)19-16(8-17(26)31)29-18-5-4-12(10-30(18)19)13-7-15(21(23,24)25)20(27)28-9-13/h1-7,9-10H,8H2,(H2,26,31)(H2,27,28). The first-order chi connectivity index (χ1) is 14.6. The van der Waals surface area contributed by atoms with Crippen molar-refractivity contribution in [3.8, 4) is 22.4 Å². The molecule has 3 aromatic heterocycles. The SMILES string of the molecule is NC(=O)Cc1nc2ccc(-c3cnc(N)c(C(F)(F)F)c3)cn2c1-c1cccc(F)c1. The van der Waals surface area contributed by atoms with Crippen molar-refractivity contribution < 1.29 is 22.4 Å². The third-order valence-corrected chi connectivity index (χ3v) is 4.69. The average Bonchev–Trinajstić information content (AvgIpc) is 3.03. The van der Waals surface area contributed by atoms with Gasteiger partial charge in [0, 0.05) is 29.1 Å². The van der Waals surface area contributed by atoms with E-state index in [4.69, 9.17) is 11.5 Å². The van der Waals surface area contributed by atoms with Crippen molar-refractivity contribution in [2.24, 2.45) is 5.73 Å². The molecule has 158 valence electrons. The molecule has 0 fully saturated rings. The van der Waals surface area contributed by atoms with Gasteiger partial charge in [-0.05, 0) is 30.3 Å². The van der Waals surface area contributed by atoms with Gasteiger partial charge in [-0.2, -0.15) is 13.2 Å². The number of primary amides is 1. The van der Waals surface area contributed by atoms with Crippen molar-refractivity contribution >= 4 is 17.4 Å². The van der Waals surface area contributed by atoms with Crippen molar-refractivity contribution in [3.05, 3.63) is 71.9 Å². The highest BCUT2D eigenvalue weighted by molar-refractivity contribution is 5.80. The van der Waals surface area contributed by atoms with Crippen LogP contribution in [0.1, 0.15) is 11.3 Å². The molecule has 4 N–H and O–H groups in total. The maximum Gasteiger partial charge on any atom is 0.419 e. The number of benzene rings is 1. The van der Waals surface area contributed by atoms with Crippen LogP contribution in [-0.2, 0) is 17.4 Å². The number of rotatable bonds is 4. The Morgan fingerprint density at radius 1 is 1.06 bits per heavy atom. The second-order valence-electron chi connectivity index (χ2n) is 6.86. The molecule has 0 aliphatic heterocycles. The minimum absolute atomic E-state index is 0.179. The van der Waals surface area contributed by atoms with Gasteiger partial charge in [-0.3, -0.25) is 9.20 Å². The number of nitrogen functional groups attached to an aromatic ring is 1. The summed E-state index contributed by atoms with van der Waals surface area (Å²) < 4.78 is 55.1. The van der Waals surface area contributed by atoms with Crippen molar-refractivity contribution in [2.45, 2.75) is 12.6 Å². The molecule has 6 nitrogen and oxygen atoms in total. The largest absolute Gasteiger partial charge is 0.419 e. The molecule has 0 radical (unpaired) electrons. The summed E-state index contributed by atoms with van der Waals surface area (Å²) in [6.45, 7) is 0. The molecule has 0 spiro atoms. The molecule has 0 saturated carbocycles. The second kappa shape index (κ2) is 7.38. The van der Waals surface area contributed by atoms with E-state index in [2.05, 4.69) is 9.97 Å². The number of hydrogen-bond acceptors (Lipinski definition) is 4. The zero-order chi connectivity index (χ0) is 22.3. The number of nitrogens with zero attached hydrogens (tertiary/aromatic N) is 3. The van der Waals surface area contributed by atoms with Gasteiger partial charge in [0.25, 0.3) is 0 Å². The van der Waals surface area contributed by atoms with Crippen molar-refractivity contribution in [2.75, 3.05) is 5.73 Å². The highest BCUT2D eigenvalue weighted by atomic mass is 19.4. The number of carbonyl (C=O) groups excluding carboxylic acids is 1. The van der Waals surface area contributed by atoms with Crippen LogP contribution >= 0.6 is 0 Å². The molecule has 0 atom stereocenters. The van der Waals surface area contributed by atoms with Crippen LogP contribution in [0.2, 0.25) is 0 Å². The van der Waals surface area contributed by atoms with Crippen LogP contribution in [-0.4, -0.2) is 20.3 Å². The predicted molar refractivity (Wildman–Crippen MR) is 106 cm³/mol. The molecular formula is C21H15F4N5O. The van der Waals surface area contributed by atoms with Crippen LogP contribution < -0.4 is 11.5 Å². The normalized spacial score (nSPS) is 11.7. The fourth-order valence-corrected chi connectivity index (χ4v) is 3.35. The third kappa shape index (κ3) is 3.91. The number of amides is 1. The van der Waals surface area contributed by atoms with E-state index in [1.54, 1.807) is 28.8 Å². The van der Waals surface area contributed by atoms with Crippen LogP contribution in [0.25, 0.3) is 28.0 Å². The summed E-state index contributed by atoms with van der Waals surface area (Å²) in [6, 6.07) is 9.73. The van der Waals surface area contributed by atoms with Crippen molar-refractivity contribution in [3.63, 3.8) is 0 Å². The van der Waals surface area contributed by atoms with Gasteiger partial charge in [0.2, 0.25) is 5.91 Å². The van der Waals surface area contributed by atoms with E-state index >= 15 is 0 Å². The van der Waals surface area contributed by atoms with E-state index in [1.807, 2.05) is 0 Å². The molecule has 0 aliphatic carbocycles. The molecular weight excluding hydrogens is 414 g/mol. The van der Waals surface area contributed by atoms with Gasteiger partial charge >= 0.3 is 6.18 Å². The lowest BCUT2D eigenvalue weighted by atomic mass is 10.1. The smallest absolute Gasteiger partial charge is 0.383 e. The summed E-state index contributed by atoms with van der Waals surface area (Å²) in [7, 11) is 0. The van der Waals surface area contributed by atoms with Gasteiger partial charge in [-0.1, -0.05) is 12.1 Å². The maximum atomic E-state index is 13.8. The Balaban J connectivity index is 1.93. The molecule has 4 rings (SSSR count). The number of hydrogen-bond donors (Lipinski definition) is 2. The van der Waals surface area contributed by atoms with E-state index in [0.717, 1.165) is 6.07 Å². The monoisotopic (exact) mass is 429 g/mol. The Morgan fingerprint density at radius 2 is 1.84 bits per heavy atom. The zero-order valence-corrected chi connectivity index (χ0v) is 15.8. The molecule has 0 bridgehead atoms. The third-order valence-electron chi connectivity index (χ3n) is 4.69. The number of nitrogens with two attached hydrogens (primary N) is 2. The Labute approximate surface area is 173 Å². The molecule has 0 aliphatic rings. The molecule has 31 heavy (non-hydrogen) atoms. The first-order valence-corrected chi connectivity index (χ1v) is 9.02. The lowest BCUT2D eigenvalue weighted by Crippen LogP contribution is -2.14. The molecule has 3 heterocycles. The van der Waals surface area contributed by atoms with E-state index in [1.165, 1.54) is 24.4 Å². The maximum absolute atomic E-state index is 13.8. The van der Waals surface area contributed by atoms with E-state index in [-0.39, 0.29) is 12.0 Å². The van der Waals surface area contributed by atoms with Crippen LogP contribution in [0.5, 0.6) is 0 Å². The highest BCUT2D eigenvalue weighted by Gasteiger charge is 2.34. The van der Waals surface area contributed by atoms with E-state index in [0.29, 0.717) is 28.2 Å². The summed E-state index contributed by atoms with van der Waals surface area (Å²) in [5, 5.41) is 0. The molecule has 0 saturated heterocycles. The summed E-state index contributed by atoms with van der Waals surface area (Å²) in [6.07, 6.45) is -2.08. The minimum atomic E-state index is -4.66. The first kappa shape index (κ1) is 20.3. The van der Waals surface area contributed by atoms with Gasteiger partial charge in [0.05, 0.1) is 23.4 Å². The van der Waals surface area contributed by atoms with Gasteiger partial charge in [-0.15, -0.1) is 0 Å². The number of alkyl halides is 3. The summed E-state index contributed by atoms with van der Waals surface area (Å²) in [5.74, 6) is -1.74. The van der Waals surface area contributed by atoms with E-state index < -0.39 is 29.3 Å². The summed E-state index contributed by atoms with van der Waals surface area (Å²) >= 11 is 0. The lowest BCUT2D eigenvalue weighted by molar-refractivity contribution is -0.137. The van der Waals surface area contributed by atoms with Crippen LogP contribution in [0.3, 0.4) is 0 Å². The fraction of sp³-hybridized carbons (Fsp3) is 0.0952. The Morgan fingerprint density at radius 3 is 2.52 bits per heavy atom. The molecule has 0 unspecified atom stereocenters. The molecule has 4 aromatic rings. The quantitative estimate of drug-likeness (QED) is 0.482. The summed E-state index contributed by atoms with van der Waals surface area (Å²) in [5.41, 5.74) is 11.8. The Bertz CT molecular complexity index is 1310. The number of imidazole rings is 1. The van der Waals surface area contributed by atoms with Crippen molar-refractivity contribution in [1.29, 1.82) is 0 Å². The number of halogens is 4. The fourth-order valence-electron chi connectivity index (χ4n) is 3.35. The van der Waals surface area contributed by atoms with Crippen molar-refractivity contribution in [1.82, 2.24) is 14.4 Å². The van der Waals surface area contributed by atoms with Gasteiger partial charge in [-0.25, -0.2) is 14.4 Å². The lowest BCUT2D eigenvalue weighted by Gasteiger charge is -2.12. The van der Waals surface area contributed by atoms with Crippen LogP contribution in [0, 0.1) is 5.82 Å². The van der Waals surface area contributed by atoms with Gasteiger partial charge in [0.15, 0.2) is 0 Å². The average molecular weight is 429 g/mol. The molecule has 1 amide bonds. The molecule has 1 aromatic carbocycles. The topological polar surface area (TPSA) is 99.3 Å². The minimum Gasteiger partial charge on any atom is -0.383 e.